The van der Waals surface area contributed by atoms with Crippen LogP contribution in [0.4, 0.5) is 17.6 Å². The Bertz CT molecular complexity index is 564. The molecule has 0 N–H and O–H groups in total. The van der Waals surface area contributed by atoms with Gasteiger partial charge >= 0.3 is 6.55 Å². The van der Waals surface area contributed by atoms with E-state index >= 15 is 0 Å². The van der Waals surface area contributed by atoms with E-state index < -0.39 is 18.2 Å². The molecule has 0 aliphatic rings. The van der Waals surface area contributed by atoms with Crippen molar-refractivity contribution in [1.29, 1.82) is 0 Å². The predicted molar refractivity (Wildman–Crippen MR) is 58.4 cm³/mol. The molecule has 0 saturated carbocycles. The van der Waals surface area contributed by atoms with Crippen LogP contribution in [0.1, 0.15) is 12.4 Å². The average molecular weight is 344 g/mol. The standard InChI is InChI=1S/C9H5F4IN2/c1-3-15-5-2-4(10)7(14)6(11)8(5)16(3)9(12)13/h2,9H,1H3. The summed E-state index contributed by atoms with van der Waals surface area (Å²) in [6, 6.07) is 0.950. The van der Waals surface area contributed by atoms with Crippen molar-refractivity contribution in [2.45, 2.75) is 13.5 Å². The third kappa shape index (κ3) is 1.57. The lowest BCUT2D eigenvalue weighted by atomic mass is 10.3. The van der Waals surface area contributed by atoms with Gasteiger partial charge in [-0.25, -0.2) is 13.8 Å². The smallest absolute Gasteiger partial charge is 0.267 e. The number of aromatic nitrogens is 2. The minimum absolute atomic E-state index is 0.0506. The van der Waals surface area contributed by atoms with Crippen molar-refractivity contribution in [3.05, 3.63) is 27.1 Å². The molecule has 1 aromatic heterocycles. The van der Waals surface area contributed by atoms with Gasteiger partial charge < -0.3 is 0 Å². The highest BCUT2D eigenvalue weighted by atomic mass is 127. The van der Waals surface area contributed by atoms with E-state index in [1.807, 2.05) is 0 Å². The largest absolute Gasteiger partial charge is 0.320 e. The van der Waals surface area contributed by atoms with Crippen LogP contribution in [0.25, 0.3) is 11.0 Å². The van der Waals surface area contributed by atoms with Crippen LogP contribution in [-0.4, -0.2) is 9.55 Å². The van der Waals surface area contributed by atoms with E-state index in [9.17, 15) is 17.6 Å². The quantitative estimate of drug-likeness (QED) is 0.439. The molecule has 0 radical (unpaired) electrons. The van der Waals surface area contributed by atoms with Crippen LogP contribution in [0, 0.1) is 22.1 Å². The fourth-order valence-electron chi connectivity index (χ4n) is 1.52. The Balaban J connectivity index is 2.93. The number of alkyl halides is 2. The zero-order chi connectivity index (χ0) is 12.0. The summed E-state index contributed by atoms with van der Waals surface area (Å²) in [5.74, 6) is -1.86. The minimum Gasteiger partial charge on any atom is -0.267 e. The number of hydrogen-bond acceptors (Lipinski definition) is 1. The van der Waals surface area contributed by atoms with Gasteiger partial charge in [0.1, 0.15) is 17.2 Å². The van der Waals surface area contributed by atoms with Gasteiger partial charge in [0, 0.05) is 6.07 Å². The van der Waals surface area contributed by atoms with Crippen LogP contribution in [0.2, 0.25) is 0 Å². The second kappa shape index (κ2) is 3.86. The lowest BCUT2D eigenvalue weighted by molar-refractivity contribution is 0.0719. The summed E-state index contributed by atoms with van der Waals surface area (Å²) < 4.78 is 52.3. The van der Waals surface area contributed by atoms with Crippen molar-refractivity contribution in [2.24, 2.45) is 0 Å². The number of benzene rings is 1. The van der Waals surface area contributed by atoms with Crippen LogP contribution in [0.5, 0.6) is 0 Å². The van der Waals surface area contributed by atoms with E-state index in [0.717, 1.165) is 6.07 Å². The van der Waals surface area contributed by atoms with Gasteiger partial charge in [0.2, 0.25) is 0 Å². The molecule has 1 aromatic carbocycles. The van der Waals surface area contributed by atoms with Crippen molar-refractivity contribution < 1.29 is 17.6 Å². The number of rotatable bonds is 1. The molecule has 7 heteroatoms. The second-order valence-corrected chi connectivity index (χ2v) is 4.24. The van der Waals surface area contributed by atoms with Crippen molar-refractivity contribution in [1.82, 2.24) is 9.55 Å². The molecular weight excluding hydrogens is 339 g/mol. The fourth-order valence-corrected chi connectivity index (χ4v) is 1.93. The molecule has 0 aliphatic carbocycles. The van der Waals surface area contributed by atoms with E-state index in [4.69, 9.17) is 0 Å². The molecule has 0 unspecified atom stereocenters. The molecule has 0 bridgehead atoms. The highest BCUT2D eigenvalue weighted by molar-refractivity contribution is 14.1. The molecule has 0 fully saturated rings. The summed E-state index contributed by atoms with van der Waals surface area (Å²) in [5, 5.41) is 0. The molecule has 86 valence electrons. The highest BCUT2D eigenvalue weighted by Gasteiger charge is 2.21. The Hall–Kier alpha value is -0.860. The number of hydrogen-bond donors (Lipinski definition) is 0. The lowest BCUT2D eigenvalue weighted by Crippen LogP contribution is -2.03. The average Bonchev–Trinajstić information content (AvgIpc) is 2.51. The summed E-state index contributed by atoms with van der Waals surface area (Å²) in [5.41, 5.74) is -0.466. The van der Waals surface area contributed by atoms with E-state index in [2.05, 4.69) is 4.98 Å². The number of fused-ring (bicyclic) bond motifs is 1. The number of halogens is 5. The number of imidazole rings is 1. The number of nitrogens with zero attached hydrogens (tertiary/aromatic N) is 2. The van der Waals surface area contributed by atoms with Gasteiger partial charge in [-0.05, 0) is 29.5 Å². The zero-order valence-corrected chi connectivity index (χ0v) is 10.1. The Morgan fingerprint density at radius 2 is 2.00 bits per heavy atom. The van der Waals surface area contributed by atoms with E-state index in [-0.39, 0.29) is 20.4 Å². The third-order valence-corrected chi connectivity index (χ3v) is 3.17. The maximum atomic E-state index is 13.7. The summed E-state index contributed by atoms with van der Waals surface area (Å²) in [6.07, 6.45) is 0. The van der Waals surface area contributed by atoms with Crippen LogP contribution >= 0.6 is 22.6 Å². The Morgan fingerprint density at radius 1 is 1.38 bits per heavy atom. The molecule has 0 spiro atoms. The Labute approximate surface area is 101 Å². The molecular formula is C9H5F4IN2. The maximum Gasteiger partial charge on any atom is 0.320 e. The molecule has 2 rings (SSSR count). The summed E-state index contributed by atoms with van der Waals surface area (Å²) in [6.45, 7) is -1.59. The van der Waals surface area contributed by atoms with Crippen molar-refractivity contribution in [2.75, 3.05) is 0 Å². The van der Waals surface area contributed by atoms with E-state index in [1.165, 1.54) is 29.5 Å². The van der Waals surface area contributed by atoms with E-state index in [0.29, 0.717) is 4.57 Å². The Morgan fingerprint density at radius 3 is 2.56 bits per heavy atom. The van der Waals surface area contributed by atoms with Gasteiger partial charge in [-0.15, -0.1) is 0 Å². The summed E-state index contributed by atoms with van der Waals surface area (Å²) >= 11 is 1.43. The molecule has 1 heterocycles. The van der Waals surface area contributed by atoms with Gasteiger partial charge in [0.05, 0.1) is 9.09 Å². The zero-order valence-electron chi connectivity index (χ0n) is 7.94. The van der Waals surface area contributed by atoms with Gasteiger partial charge in [0.15, 0.2) is 5.82 Å². The highest BCUT2D eigenvalue weighted by Crippen LogP contribution is 2.29. The normalized spacial score (nSPS) is 11.7. The van der Waals surface area contributed by atoms with Crippen LogP contribution in [0.15, 0.2) is 6.07 Å². The second-order valence-electron chi connectivity index (χ2n) is 3.16. The molecule has 2 nitrogen and oxygen atoms in total. The summed E-state index contributed by atoms with van der Waals surface area (Å²) in [4.78, 5) is 3.70. The molecule has 0 aliphatic heterocycles. The molecule has 0 amide bonds. The first-order valence-corrected chi connectivity index (χ1v) is 5.31. The Kier molecular flexibility index (Phi) is 2.81. The first kappa shape index (κ1) is 11.6. The third-order valence-electron chi connectivity index (χ3n) is 2.18. The van der Waals surface area contributed by atoms with Crippen LogP contribution in [0.3, 0.4) is 0 Å². The van der Waals surface area contributed by atoms with Gasteiger partial charge in [-0.1, -0.05) is 0 Å². The predicted octanol–water partition coefficient (Wildman–Crippen LogP) is 3.62. The molecule has 0 saturated heterocycles. The van der Waals surface area contributed by atoms with Gasteiger partial charge in [-0.3, -0.25) is 4.57 Å². The fraction of sp³-hybridized carbons (Fsp3) is 0.222. The van der Waals surface area contributed by atoms with Crippen LogP contribution < -0.4 is 0 Å². The molecule has 16 heavy (non-hydrogen) atoms. The summed E-state index contributed by atoms with van der Waals surface area (Å²) in [7, 11) is 0. The van der Waals surface area contributed by atoms with Gasteiger partial charge in [0.25, 0.3) is 0 Å². The lowest BCUT2D eigenvalue weighted by Gasteiger charge is -2.06. The van der Waals surface area contributed by atoms with Crippen molar-refractivity contribution in [3.63, 3.8) is 0 Å². The number of aryl methyl sites for hydroxylation is 1. The van der Waals surface area contributed by atoms with Crippen molar-refractivity contribution in [3.8, 4) is 0 Å². The van der Waals surface area contributed by atoms with Crippen molar-refractivity contribution >= 4 is 33.6 Å². The minimum atomic E-state index is -2.90. The first-order chi connectivity index (χ1) is 7.43. The topological polar surface area (TPSA) is 17.8 Å². The first-order valence-electron chi connectivity index (χ1n) is 4.23. The van der Waals surface area contributed by atoms with Gasteiger partial charge in [-0.2, -0.15) is 8.78 Å². The maximum absolute atomic E-state index is 13.7. The SMILES string of the molecule is Cc1nc2cc(F)c(I)c(F)c2n1C(F)F. The molecule has 2 aromatic rings. The molecule has 0 atom stereocenters. The van der Waals surface area contributed by atoms with E-state index in [1.54, 1.807) is 0 Å². The monoisotopic (exact) mass is 344 g/mol. The van der Waals surface area contributed by atoms with Crippen LogP contribution in [-0.2, 0) is 0 Å².